The van der Waals surface area contributed by atoms with Gasteiger partial charge in [-0.15, -0.1) is 10.2 Å². The zero-order valence-corrected chi connectivity index (χ0v) is 19.9. The van der Waals surface area contributed by atoms with Crippen LogP contribution in [-0.2, 0) is 22.7 Å². The molecule has 1 aliphatic rings. The van der Waals surface area contributed by atoms with Crippen molar-refractivity contribution < 1.29 is 12.8 Å². The minimum absolute atomic E-state index is 0.000650. The first-order chi connectivity index (χ1) is 15.9. The number of H-pyrrole nitrogens is 1. The first-order valence-electron chi connectivity index (χ1n) is 11.5. The third kappa shape index (κ3) is 5.09. The molecule has 0 spiro atoms. The molecule has 0 bridgehead atoms. The van der Waals surface area contributed by atoms with Crippen molar-refractivity contribution >= 4 is 21.5 Å². The van der Waals surface area contributed by atoms with E-state index < -0.39 is 9.84 Å². The molecule has 3 aromatic rings. The van der Waals surface area contributed by atoms with Crippen LogP contribution in [0.15, 0.2) is 41.6 Å². The fourth-order valence-electron chi connectivity index (χ4n) is 4.40. The Morgan fingerprint density at radius 1 is 1.09 bits per heavy atom. The van der Waals surface area contributed by atoms with Gasteiger partial charge in [0, 0.05) is 5.56 Å². The number of nitrogens with zero attached hydrogens (tertiary/aromatic N) is 3. The lowest BCUT2D eigenvalue weighted by Crippen LogP contribution is -2.25. The molecule has 0 amide bonds. The molecule has 1 aliphatic carbocycles. The molecule has 0 unspecified atom stereocenters. The highest BCUT2D eigenvalue weighted by molar-refractivity contribution is 7.91. The number of aromatic amines is 1. The Morgan fingerprint density at radius 2 is 1.82 bits per heavy atom. The summed E-state index contributed by atoms with van der Waals surface area (Å²) in [6.07, 6.45) is 2.84. The quantitative estimate of drug-likeness (QED) is 0.457. The molecule has 33 heavy (non-hydrogen) atoms. The van der Waals surface area contributed by atoms with Crippen molar-refractivity contribution in [3.63, 3.8) is 0 Å². The summed E-state index contributed by atoms with van der Waals surface area (Å²) in [5.74, 6) is 0.0236. The number of aromatic nitrogens is 3. The van der Waals surface area contributed by atoms with E-state index >= 15 is 0 Å². The number of fused-ring (bicyclic) bond motifs is 1. The number of hydrogen-bond acceptors (Lipinski definition) is 6. The summed E-state index contributed by atoms with van der Waals surface area (Å²) in [5, 5.41) is 11.0. The molecule has 2 aromatic carbocycles. The summed E-state index contributed by atoms with van der Waals surface area (Å²) in [5.41, 5.74) is 3.96. The Kier molecular flexibility index (Phi) is 7.09. The van der Waals surface area contributed by atoms with E-state index in [9.17, 15) is 12.8 Å². The number of sulfone groups is 1. The van der Waals surface area contributed by atoms with Crippen molar-refractivity contribution in [2.24, 2.45) is 0 Å². The van der Waals surface area contributed by atoms with Crippen molar-refractivity contribution in [1.29, 1.82) is 0 Å². The molecule has 4 rings (SSSR count). The van der Waals surface area contributed by atoms with Crippen LogP contribution in [0.1, 0.15) is 37.8 Å². The zero-order chi connectivity index (χ0) is 23.4. The number of nitrogens with one attached hydrogen (secondary N) is 2. The summed E-state index contributed by atoms with van der Waals surface area (Å²) >= 11 is 0. The molecule has 2 N–H and O–H groups in total. The van der Waals surface area contributed by atoms with Crippen LogP contribution in [0.2, 0.25) is 0 Å². The Labute approximate surface area is 194 Å². The maximum Gasteiger partial charge on any atom is 0.248 e. The highest BCUT2D eigenvalue weighted by Crippen LogP contribution is 2.40. The second-order valence-corrected chi connectivity index (χ2v) is 10.3. The monoisotopic (exact) mass is 471 g/mol. The second kappa shape index (κ2) is 10.0. The fraction of sp³-hybridized carbons (Fsp3) is 0.417. The zero-order valence-electron chi connectivity index (χ0n) is 19.1. The normalized spacial score (nSPS) is 13.5. The van der Waals surface area contributed by atoms with Crippen molar-refractivity contribution in [2.75, 3.05) is 30.7 Å². The first kappa shape index (κ1) is 23.4. The smallest absolute Gasteiger partial charge is 0.248 e. The molecule has 7 nitrogen and oxygen atoms in total. The van der Waals surface area contributed by atoms with E-state index in [-0.39, 0.29) is 22.7 Å². The van der Waals surface area contributed by atoms with Crippen molar-refractivity contribution in [3.05, 3.63) is 53.3 Å². The van der Waals surface area contributed by atoms with Crippen LogP contribution in [0.4, 0.5) is 16.0 Å². The van der Waals surface area contributed by atoms with Gasteiger partial charge < -0.3 is 10.2 Å². The number of rotatable bonds is 10. The Hall–Kier alpha value is -2.78. The molecule has 0 atom stereocenters. The van der Waals surface area contributed by atoms with Crippen LogP contribution in [0, 0.1) is 5.82 Å². The highest BCUT2D eigenvalue weighted by Gasteiger charge is 2.25. The van der Waals surface area contributed by atoms with E-state index in [1.54, 1.807) is 6.07 Å². The van der Waals surface area contributed by atoms with Crippen LogP contribution in [-0.4, -0.2) is 53.9 Å². The van der Waals surface area contributed by atoms with Crippen LogP contribution in [0.3, 0.4) is 0 Å². The van der Waals surface area contributed by atoms with Gasteiger partial charge in [0.1, 0.15) is 5.82 Å². The van der Waals surface area contributed by atoms with Crippen LogP contribution >= 0.6 is 0 Å². The number of hydrogen-bond donors (Lipinski definition) is 2. The Morgan fingerprint density at radius 3 is 2.55 bits per heavy atom. The molecule has 1 heterocycles. The summed E-state index contributed by atoms with van der Waals surface area (Å²) in [6.45, 7) is 6.61. The van der Waals surface area contributed by atoms with E-state index in [4.69, 9.17) is 0 Å². The van der Waals surface area contributed by atoms with Crippen molar-refractivity contribution in [1.82, 2.24) is 20.1 Å². The summed E-state index contributed by atoms with van der Waals surface area (Å²) in [7, 11) is -3.58. The molecule has 0 saturated carbocycles. The summed E-state index contributed by atoms with van der Waals surface area (Å²) in [6, 6.07) is 11.1. The maximum atomic E-state index is 14.8. The Bertz CT molecular complexity index is 1210. The molecule has 0 aliphatic heterocycles. The minimum Gasteiger partial charge on any atom is -0.324 e. The number of benzene rings is 2. The average Bonchev–Trinajstić information content (AvgIpc) is 3.50. The van der Waals surface area contributed by atoms with Gasteiger partial charge in [0.15, 0.2) is 0 Å². The molecule has 9 heteroatoms. The van der Waals surface area contributed by atoms with Gasteiger partial charge in [-0.2, -0.15) is 0 Å². The van der Waals surface area contributed by atoms with E-state index in [0.717, 1.165) is 42.7 Å². The fourth-order valence-corrected chi connectivity index (χ4v) is 5.52. The van der Waals surface area contributed by atoms with Gasteiger partial charge in [-0.05, 0) is 68.1 Å². The van der Waals surface area contributed by atoms with E-state index in [2.05, 4.69) is 39.2 Å². The van der Waals surface area contributed by atoms with Gasteiger partial charge in [0.05, 0.1) is 11.4 Å². The first-order valence-corrected chi connectivity index (χ1v) is 13.1. The van der Waals surface area contributed by atoms with Gasteiger partial charge in [-0.1, -0.05) is 44.2 Å². The van der Waals surface area contributed by atoms with Crippen LogP contribution < -0.4 is 5.32 Å². The van der Waals surface area contributed by atoms with E-state index in [1.165, 1.54) is 0 Å². The lowest BCUT2D eigenvalue weighted by molar-refractivity contribution is 0.305. The molecule has 0 fully saturated rings. The second-order valence-electron chi connectivity index (χ2n) is 8.26. The Balaban J connectivity index is 1.59. The SMILES string of the molecule is CCN(CC)CCCS(=O)(=O)c1nnc(Nc2c(-c3ccccc3)cc(F)c3c2CCC3)[nH]1. The third-order valence-corrected chi connectivity index (χ3v) is 7.82. The standard InChI is InChI=1S/C24H30FN5O2S/c1-3-30(4-2)14-9-15-33(31,32)24-27-23(28-29-24)26-22-19-13-8-12-18(19)21(25)16-20(22)17-10-6-5-7-11-17/h5-7,10-11,16H,3-4,8-9,12-15H2,1-2H3,(H2,26,27,28,29). The molecular formula is C24H30FN5O2S. The van der Waals surface area contributed by atoms with Crippen LogP contribution in [0.5, 0.6) is 0 Å². The number of halogens is 1. The van der Waals surface area contributed by atoms with Gasteiger partial charge in [0.25, 0.3) is 0 Å². The van der Waals surface area contributed by atoms with Gasteiger partial charge in [-0.3, -0.25) is 4.98 Å². The molecular weight excluding hydrogens is 441 g/mol. The summed E-state index contributed by atoms with van der Waals surface area (Å²) < 4.78 is 40.3. The van der Waals surface area contributed by atoms with Gasteiger partial charge in [0.2, 0.25) is 20.9 Å². The van der Waals surface area contributed by atoms with Crippen LogP contribution in [0.25, 0.3) is 11.1 Å². The summed E-state index contributed by atoms with van der Waals surface area (Å²) in [4.78, 5) is 5.01. The van der Waals surface area contributed by atoms with Gasteiger partial charge in [-0.25, -0.2) is 12.8 Å². The molecule has 176 valence electrons. The largest absolute Gasteiger partial charge is 0.324 e. The lowest BCUT2D eigenvalue weighted by atomic mass is 9.97. The molecule has 0 saturated heterocycles. The average molecular weight is 472 g/mol. The molecule has 0 radical (unpaired) electrons. The topological polar surface area (TPSA) is 91.0 Å². The van der Waals surface area contributed by atoms with E-state index in [1.807, 2.05) is 30.3 Å². The minimum atomic E-state index is -3.58. The highest BCUT2D eigenvalue weighted by atomic mass is 32.2. The van der Waals surface area contributed by atoms with E-state index in [0.29, 0.717) is 30.5 Å². The molecule has 1 aromatic heterocycles. The third-order valence-electron chi connectivity index (χ3n) is 6.22. The van der Waals surface area contributed by atoms with Gasteiger partial charge >= 0.3 is 0 Å². The predicted octanol–water partition coefficient (Wildman–Crippen LogP) is 4.35. The predicted molar refractivity (Wildman–Crippen MR) is 128 cm³/mol. The van der Waals surface area contributed by atoms with Crippen molar-refractivity contribution in [3.8, 4) is 11.1 Å². The lowest BCUT2D eigenvalue weighted by Gasteiger charge is -2.17. The maximum absolute atomic E-state index is 14.8. The van der Waals surface area contributed by atoms with Crippen molar-refractivity contribution in [2.45, 2.75) is 44.7 Å². The number of anilines is 2.